The smallest absolute Gasteiger partial charge is 0.203 e. The van der Waals surface area contributed by atoms with Crippen LogP contribution in [0.25, 0.3) is 0 Å². The predicted octanol–water partition coefficient (Wildman–Crippen LogP) is 2.55. The van der Waals surface area contributed by atoms with E-state index in [9.17, 15) is 0 Å². The maximum absolute atomic E-state index is 5.41. The first kappa shape index (κ1) is 15.1. The SMILES string of the molecule is COc1cc(C2CC(c3ccccn3)=NN2)cc(OC)c1OC. The Morgan fingerprint density at radius 1 is 1.04 bits per heavy atom. The van der Waals surface area contributed by atoms with Crippen LogP contribution >= 0.6 is 0 Å². The van der Waals surface area contributed by atoms with Gasteiger partial charge in [0, 0.05) is 12.6 Å². The van der Waals surface area contributed by atoms with Gasteiger partial charge in [-0.25, -0.2) is 0 Å². The molecule has 1 N–H and O–H groups in total. The monoisotopic (exact) mass is 313 g/mol. The van der Waals surface area contributed by atoms with Crippen molar-refractivity contribution in [3.63, 3.8) is 0 Å². The molecule has 0 fully saturated rings. The van der Waals surface area contributed by atoms with Crippen LogP contribution < -0.4 is 19.6 Å². The lowest BCUT2D eigenvalue weighted by atomic mass is 10.0. The summed E-state index contributed by atoms with van der Waals surface area (Å²) in [7, 11) is 4.81. The van der Waals surface area contributed by atoms with E-state index in [4.69, 9.17) is 14.2 Å². The summed E-state index contributed by atoms with van der Waals surface area (Å²) in [5.41, 5.74) is 6.00. The fourth-order valence-corrected chi connectivity index (χ4v) is 2.63. The minimum absolute atomic E-state index is 0.0423. The Labute approximate surface area is 135 Å². The second-order valence-electron chi connectivity index (χ2n) is 5.12. The molecule has 1 aromatic heterocycles. The molecule has 6 nitrogen and oxygen atoms in total. The molecule has 2 aromatic rings. The third-order valence-corrected chi connectivity index (χ3v) is 3.80. The van der Waals surface area contributed by atoms with Crippen molar-refractivity contribution < 1.29 is 14.2 Å². The third-order valence-electron chi connectivity index (χ3n) is 3.80. The van der Waals surface area contributed by atoms with E-state index in [1.165, 1.54) is 0 Å². The van der Waals surface area contributed by atoms with Gasteiger partial charge in [-0.3, -0.25) is 4.98 Å². The normalized spacial score (nSPS) is 16.5. The van der Waals surface area contributed by atoms with E-state index in [0.29, 0.717) is 17.2 Å². The van der Waals surface area contributed by atoms with Crippen LogP contribution in [0.15, 0.2) is 41.6 Å². The van der Waals surface area contributed by atoms with Gasteiger partial charge >= 0.3 is 0 Å². The average Bonchev–Trinajstić information content (AvgIpc) is 3.11. The van der Waals surface area contributed by atoms with E-state index in [-0.39, 0.29) is 6.04 Å². The molecule has 2 heterocycles. The van der Waals surface area contributed by atoms with E-state index < -0.39 is 0 Å². The zero-order valence-electron chi connectivity index (χ0n) is 13.4. The molecule has 0 saturated carbocycles. The number of aromatic nitrogens is 1. The number of benzene rings is 1. The lowest BCUT2D eigenvalue weighted by Gasteiger charge is -2.17. The summed E-state index contributed by atoms with van der Waals surface area (Å²) in [5.74, 6) is 1.85. The Bertz CT molecular complexity index is 691. The molecule has 3 rings (SSSR count). The predicted molar refractivity (Wildman–Crippen MR) is 87.4 cm³/mol. The fourth-order valence-electron chi connectivity index (χ4n) is 2.63. The van der Waals surface area contributed by atoms with Crippen molar-refractivity contribution in [1.82, 2.24) is 10.4 Å². The molecule has 0 saturated heterocycles. The minimum Gasteiger partial charge on any atom is -0.493 e. The van der Waals surface area contributed by atoms with E-state index in [0.717, 1.165) is 23.4 Å². The minimum atomic E-state index is 0.0423. The molecule has 1 unspecified atom stereocenters. The molecule has 1 aliphatic heterocycles. The first-order valence-corrected chi connectivity index (χ1v) is 7.30. The molecular weight excluding hydrogens is 294 g/mol. The van der Waals surface area contributed by atoms with Crippen molar-refractivity contribution >= 4 is 5.71 Å². The zero-order chi connectivity index (χ0) is 16.2. The van der Waals surface area contributed by atoms with Crippen LogP contribution in [0, 0.1) is 0 Å². The lowest BCUT2D eigenvalue weighted by molar-refractivity contribution is 0.323. The number of hydrogen-bond donors (Lipinski definition) is 1. The molecule has 0 aliphatic carbocycles. The lowest BCUT2D eigenvalue weighted by Crippen LogP contribution is -2.11. The van der Waals surface area contributed by atoms with Crippen LogP contribution in [0.5, 0.6) is 17.2 Å². The fraction of sp³-hybridized carbons (Fsp3) is 0.294. The first-order chi connectivity index (χ1) is 11.3. The molecule has 0 spiro atoms. The second kappa shape index (κ2) is 6.56. The highest BCUT2D eigenvalue weighted by Gasteiger charge is 2.24. The van der Waals surface area contributed by atoms with Crippen LogP contribution in [-0.2, 0) is 0 Å². The van der Waals surface area contributed by atoms with Crippen molar-refractivity contribution in [3.05, 3.63) is 47.8 Å². The van der Waals surface area contributed by atoms with Gasteiger partial charge in [0.05, 0.1) is 38.8 Å². The van der Waals surface area contributed by atoms with Gasteiger partial charge < -0.3 is 19.6 Å². The van der Waals surface area contributed by atoms with Gasteiger partial charge in [0.1, 0.15) is 0 Å². The number of hydrogen-bond acceptors (Lipinski definition) is 6. The zero-order valence-corrected chi connectivity index (χ0v) is 13.4. The van der Waals surface area contributed by atoms with Gasteiger partial charge in [-0.05, 0) is 29.8 Å². The van der Waals surface area contributed by atoms with E-state index >= 15 is 0 Å². The molecule has 1 aliphatic rings. The van der Waals surface area contributed by atoms with Gasteiger partial charge in [-0.2, -0.15) is 5.10 Å². The Hall–Kier alpha value is -2.76. The number of ether oxygens (including phenoxy) is 3. The van der Waals surface area contributed by atoms with Crippen molar-refractivity contribution in [2.24, 2.45) is 5.10 Å². The summed E-state index contributed by atoms with van der Waals surface area (Å²) < 4.78 is 16.2. The number of pyridine rings is 1. The highest BCUT2D eigenvalue weighted by molar-refractivity contribution is 6.00. The van der Waals surface area contributed by atoms with E-state index in [2.05, 4.69) is 15.5 Å². The van der Waals surface area contributed by atoms with Crippen LogP contribution in [0.1, 0.15) is 23.7 Å². The summed E-state index contributed by atoms with van der Waals surface area (Å²) in [6.45, 7) is 0. The van der Waals surface area contributed by atoms with Crippen LogP contribution in [0.3, 0.4) is 0 Å². The van der Waals surface area contributed by atoms with Crippen molar-refractivity contribution in [1.29, 1.82) is 0 Å². The van der Waals surface area contributed by atoms with E-state index in [1.807, 2.05) is 30.3 Å². The Kier molecular flexibility index (Phi) is 4.32. The second-order valence-corrected chi connectivity index (χ2v) is 5.12. The molecule has 0 amide bonds. The van der Waals surface area contributed by atoms with E-state index in [1.54, 1.807) is 27.5 Å². The van der Waals surface area contributed by atoms with Crippen molar-refractivity contribution in [3.8, 4) is 17.2 Å². The molecule has 0 radical (unpaired) electrons. The quantitative estimate of drug-likeness (QED) is 0.919. The topological polar surface area (TPSA) is 65.0 Å². The number of rotatable bonds is 5. The highest BCUT2D eigenvalue weighted by Crippen LogP contribution is 2.40. The summed E-state index contributed by atoms with van der Waals surface area (Å²) in [4.78, 5) is 4.34. The third kappa shape index (κ3) is 2.92. The summed E-state index contributed by atoms with van der Waals surface area (Å²) >= 11 is 0. The standard InChI is InChI=1S/C17H19N3O3/c1-21-15-8-11(9-16(22-2)17(15)23-3)13-10-14(20-19-13)12-6-4-5-7-18-12/h4-9,13,19H,10H2,1-3H3. The Morgan fingerprint density at radius 2 is 1.78 bits per heavy atom. The molecule has 23 heavy (non-hydrogen) atoms. The summed E-state index contributed by atoms with van der Waals surface area (Å²) in [5, 5.41) is 4.41. The van der Waals surface area contributed by atoms with Crippen LogP contribution in [0.2, 0.25) is 0 Å². The molecule has 1 atom stereocenters. The molecule has 120 valence electrons. The van der Waals surface area contributed by atoms with Gasteiger partial charge in [-0.1, -0.05) is 6.07 Å². The van der Waals surface area contributed by atoms with Gasteiger partial charge in [0.15, 0.2) is 11.5 Å². The largest absolute Gasteiger partial charge is 0.493 e. The van der Waals surface area contributed by atoms with Crippen LogP contribution in [-0.4, -0.2) is 32.0 Å². The Balaban J connectivity index is 1.87. The number of hydrazone groups is 1. The van der Waals surface area contributed by atoms with Gasteiger partial charge in [-0.15, -0.1) is 0 Å². The van der Waals surface area contributed by atoms with Crippen molar-refractivity contribution in [2.45, 2.75) is 12.5 Å². The number of nitrogens with zero attached hydrogens (tertiary/aromatic N) is 2. The number of nitrogens with one attached hydrogen (secondary N) is 1. The average molecular weight is 313 g/mol. The van der Waals surface area contributed by atoms with Gasteiger partial charge in [0.25, 0.3) is 0 Å². The maximum Gasteiger partial charge on any atom is 0.203 e. The van der Waals surface area contributed by atoms with Crippen LogP contribution in [0.4, 0.5) is 0 Å². The molecule has 1 aromatic carbocycles. The maximum atomic E-state index is 5.41. The van der Waals surface area contributed by atoms with Gasteiger partial charge in [0.2, 0.25) is 5.75 Å². The number of methoxy groups -OCH3 is 3. The molecule has 0 bridgehead atoms. The Morgan fingerprint density at radius 3 is 2.35 bits per heavy atom. The molecule has 6 heteroatoms. The summed E-state index contributed by atoms with van der Waals surface area (Å²) in [6.07, 6.45) is 2.51. The molecular formula is C17H19N3O3. The summed E-state index contributed by atoms with van der Waals surface area (Å²) in [6, 6.07) is 9.73. The first-order valence-electron chi connectivity index (χ1n) is 7.30. The highest BCUT2D eigenvalue weighted by atomic mass is 16.5. The van der Waals surface area contributed by atoms with Crippen molar-refractivity contribution in [2.75, 3.05) is 21.3 Å².